The number of nitrogens with two attached hydrogens (primary N) is 1. The first kappa shape index (κ1) is 32.8. The number of amides is 2. The van der Waals surface area contributed by atoms with Gasteiger partial charge in [-0.05, 0) is 68.0 Å². The van der Waals surface area contributed by atoms with Crippen molar-refractivity contribution in [2.45, 2.75) is 59.1 Å². The minimum atomic E-state index is -1.44. The van der Waals surface area contributed by atoms with Gasteiger partial charge in [-0.1, -0.05) is 43.7 Å². The summed E-state index contributed by atoms with van der Waals surface area (Å²) in [5.41, 5.74) is 7.15. The highest BCUT2D eigenvalue weighted by atomic mass is 19.1. The monoisotopic (exact) mass is 581 g/mol. The third-order valence-electron chi connectivity index (χ3n) is 7.72. The molecular weight excluding hydrogens is 537 g/mol. The van der Waals surface area contributed by atoms with Crippen LogP contribution in [0.4, 0.5) is 4.39 Å². The van der Waals surface area contributed by atoms with E-state index in [9.17, 15) is 24.2 Å². The van der Waals surface area contributed by atoms with Crippen LogP contribution in [0.3, 0.4) is 0 Å². The van der Waals surface area contributed by atoms with Crippen molar-refractivity contribution in [1.82, 2.24) is 10.2 Å². The highest BCUT2D eigenvalue weighted by molar-refractivity contribution is 5.97. The predicted molar refractivity (Wildman–Crippen MR) is 161 cm³/mol. The SMILES string of the molecule is CCCN(CCC)C(=O)C1=CC(C)=CC(C(N)=O)([C@H](Cc2cc(O)cc(F)c2)[C@@H](O)CNCc2cccc(OC)c2)C1. The first-order valence-corrected chi connectivity index (χ1v) is 14.5. The van der Waals surface area contributed by atoms with Crippen molar-refractivity contribution < 1.29 is 28.9 Å². The Labute approximate surface area is 248 Å². The van der Waals surface area contributed by atoms with Crippen LogP contribution >= 0.6 is 0 Å². The number of halogens is 1. The number of benzene rings is 2. The van der Waals surface area contributed by atoms with Crippen molar-refractivity contribution in [3.63, 3.8) is 0 Å². The van der Waals surface area contributed by atoms with Crippen molar-refractivity contribution >= 4 is 11.8 Å². The number of methoxy groups -OCH3 is 1. The maximum Gasteiger partial charge on any atom is 0.249 e. The third-order valence-corrected chi connectivity index (χ3v) is 7.72. The van der Waals surface area contributed by atoms with E-state index in [4.69, 9.17) is 10.5 Å². The highest BCUT2D eigenvalue weighted by Gasteiger charge is 2.48. The van der Waals surface area contributed by atoms with Crippen LogP contribution < -0.4 is 15.8 Å². The van der Waals surface area contributed by atoms with Gasteiger partial charge in [0.05, 0.1) is 18.6 Å². The number of ether oxygens (including phenoxy) is 1. The molecule has 2 amide bonds. The summed E-state index contributed by atoms with van der Waals surface area (Å²) >= 11 is 0. The average Bonchev–Trinajstić information content (AvgIpc) is 2.94. The fourth-order valence-corrected chi connectivity index (χ4v) is 5.87. The summed E-state index contributed by atoms with van der Waals surface area (Å²) in [7, 11) is 1.59. The molecule has 0 aliphatic heterocycles. The van der Waals surface area contributed by atoms with Gasteiger partial charge in [-0.25, -0.2) is 4.39 Å². The molecule has 2 aromatic carbocycles. The maximum atomic E-state index is 14.3. The largest absolute Gasteiger partial charge is 0.508 e. The van der Waals surface area contributed by atoms with Crippen LogP contribution in [0, 0.1) is 17.2 Å². The van der Waals surface area contributed by atoms with E-state index in [1.54, 1.807) is 31.1 Å². The number of phenols is 1. The molecule has 3 rings (SSSR count). The van der Waals surface area contributed by atoms with Crippen molar-refractivity contribution in [3.05, 3.63) is 82.7 Å². The van der Waals surface area contributed by atoms with Crippen LogP contribution in [0.2, 0.25) is 0 Å². The number of aliphatic hydroxyl groups is 1. The van der Waals surface area contributed by atoms with Crippen LogP contribution in [0.5, 0.6) is 11.5 Å². The molecule has 42 heavy (non-hydrogen) atoms. The molecule has 8 nitrogen and oxygen atoms in total. The van der Waals surface area contributed by atoms with Gasteiger partial charge in [-0.2, -0.15) is 0 Å². The van der Waals surface area contributed by atoms with Crippen molar-refractivity contribution in [2.24, 2.45) is 17.1 Å². The number of carbonyl (C=O) groups is 2. The number of hydrogen-bond acceptors (Lipinski definition) is 6. The quantitative estimate of drug-likeness (QED) is 0.249. The Morgan fingerprint density at radius 3 is 2.48 bits per heavy atom. The molecule has 1 aliphatic carbocycles. The van der Waals surface area contributed by atoms with E-state index in [1.807, 2.05) is 38.1 Å². The molecule has 0 heterocycles. The number of nitrogens with one attached hydrogen (secondary N) is 1. The van der Waals surface area contributed by atoms with Crippen molar-refractivity contribution in [1.29, 1.82) is 0 Å². The molecule has 0 saturated heterocycles. The van der Waals surface area contributed by atoms with Crippen molar-refractivity contribution in [3.8, 4) is 11.5 Å². The Hall–Kier alpha value is -3.69. The second-order valence-electron chi connectivity index (χ2n) is 11.1. The molecule has 0 radical (unpaired) electrons. The Bertz CT molecular complexity index is 1280. The normalized spacial score (nSPS) is 18.0. The molecule has 0 aromatic heterocycles. The van der Waals surface area contributed by atoms with Crippen LogP contribution in [0.1, 0.15) is 51.2 Å². The van der Waals surface area contributed by atoms with Gasteiger partial charge in [0.2, 0.25) is 11.8 Å². The van der Waals surface area contributed by atoms with Gasteiger partial charge >= 0.3 is 0 Å². The van der Waals surface area contributed by atoms with E-state index in [2.05, 4.69) is 5.32 Å². The van der Waals surface area contributed by atoms with Crippen LogP contribution in [-0.2, 0) is 22.6 Å². The number of hydrogen-bond donors (Lipinski definition) is 4. The lowest BCUT2D eigenvalue weighted by atomic mass is 9.63. The lowest BCUT2D eigenvalue weighted by molar-refractivity contribution is -0.132. The summed E-state index contributed by atoms with van der Waals surface area (Å²) in [5, 5.41) is 25.0. The zero-order valence-corrected chi connectivity index (χ0v) is 25.0. The highest BCUT2D eigenvalue weighted by Crippen LogP contribution is 2.44. The van der Waals surface area contributed by atoms with Gasteiger partial charge in [0, 0.05) is 43.7 Å². The Morgan fingerprint density at radius 1 is 1.14 bits per heavy atom. The molecular formula is C33H44FN3O5. The zero-order valence-electron chi connectivity index (χ0n) is 25.0. The van der Waals surface area contributed by atoms with E-state index in [-0.39, 0.29) is 31.0 Å². The molecule has 228 valence electrons. The molecule has 1 aliphatic rings. The standard InChI is InChI=1S/C33H44FN3O5/c1-5-10-37(11-6-2)31(40)25-12-22(3)18-33(19-25,32(35)41)29(16-24-13-26(34)17-27(38)14-24)30(39)21-36-20-23-8-7-9-28(15-23)42-4/h7-9,12-15,17-18,29-30,36,38-39H,5-6,10-11,16,19-21H2,1-4H3,(H2,35,41)/t29-,30+,33?/m1/s1. The number of primary amides is 1. The Balaban J connectivity index is 1.98. The van der Waals surface area contributed by atoms with E-state index >= 15 is 0 Å². The third kappa shape index (κ3) is 8.20. The summed E-state index contributed by atoms with van der Waals surface area (Å²) in [4.78, 5) is 28.8. The zero-order chi connectivity index (χ0) is 30.9. The summed E-state index contributed by atoms with van der Waals surface area (Å²) in [6.45, 7) is 7.49. The molecule has 1 unspecified atom stereocenters. The number of aliphatic hydroxyl groups excluding tert-OH is 1. The second kappa shape index (κ2) is 15.0. The van der Waals surface area contributed by atoms with E-state index in [0.29, 0.717) is 42.1 Å². The Kier molecular flexibility index (Phi) is 11.7. The predicted octanol–water partition coefficient (Wildman–Crippen LogP) is 4.25. The summed E-state index contributed by atoms with van der Waals surface area (Å²) in [6.07, 6.45) is 4.01. The molecule has 5 N–H and O–H groups in total. The number of nitrogens with zero attached hydrogens (tertiary/aromatic N) is 1. The smallest absolute Gasteiger partial charge is 0.249 e. The number of phenolic OH excluding ortho intramolecular Hbond substituents is 1. The van der Waals surface area contributed by atoms with E-state index in [1.165, 1.54) is 12.1 Å². The fraction of sp³-hybridized carbons (Fsp3) is 0.455. The van der Waals surface area contributed by atoms with Gasteiger partial charge in [-0.3, -0.25) is 9.59 Å². The minimum Gasteiger partial charge on any atom is -0.508 e. The average molecular weight is 582 g/mol. The van der Waals surface area contributed by atoms with Crippen molar-refractivity contribution in [2.75, 3.05) is 26.7 Å². The lowest BCUT2D eigenvalue weighted by Gasteiger charge is -2.42. The molecule has 0 bridgehead atoms. The summed E-state index contributed by atoms with van der Waals surface area (Å²) in [5.74, 6) is -1.88. The van der Waals surface area contributed by atoms with Gasteiger partial charge in [0.25, 0.3) is 0 Å². The molecule has 9 heteroatoms. The molecule has 0 spiro atoms. The topological polar surface area (TPSA) is 125 Å². The van der Waals surface area contributed by atoms with Crippen LogP contribution in [-0.4, -0.2) is 59.8 Å². The fourth-order valence-electron chi connectivity index (χ4n) is 5.87. The van der Waals surface area contributed by atoms with Gasteiger partial charge in [0.15, 0.2) is 0 Å². The molecule has 0 saturated carbocycles. The van der Waals surface area contributed by atoms with Crippen LogP contribution in [0.15, 0.2) is 65.8 Å². The van der Waals surface area contributed by atoms with E-state index < -0.39 is 29.2 Å². The summed E-state index contributed by atoms with van der Waals surface area (Å²) in [6, 6.07) is 11.2. The Morgan fingerprint density at radius 2 is 1.86 bits per heavy atom. The van der Waals surface area contributed by atoms with Crippen LogP contribution in [0.25, 0.3) is 0 Å². The first-order valence-electron chi connectivity index (χ1n) is 14.5. The number of aromatic hydroxyl groups is 1. The van der Waals surface area contributed by atoms with Gasteiger partial charge in [-0.15, -0.1) is 0 Å². The first-order chi connectivity index (χ1) is 20.0. The minimum absolute atomic E-state index is 0.00133. The van der Waals surface area contributed by atoms with E-state index in [0.717, 1.165) is 24.5 Å². The second-order valence-corrected chi connectivity index (χ2v) is 11.1. The lowest BCUT2D eigenvalue weighted by Crippen LogP contribution is -2.51. The summed E-state index contributed by atoms with van der Waals surface area (Å²) < 4.78 is 19.6. The maximum absolute atomic E-state index is 14.3. The van der Waals surface area contributed by atoms with Gasteiger partial charge in [0.1, 0.15) is 17.3 Å². The molecule has 0 fully saturated rings. The van der Waals surface area contributed by atoms with Gasteiger partial charge < -0.3 is 30.9 Å². The molecule has 3 atom stereocenters. The number of carbonyl (C=O) groups excluding carboxylic acids is 2. The molecule has 2 aromatic rings. The number of allylic oxidation sites excluding steroid dienone is 2. The number of rotatable bonds is 15.